The molecule has 0 heterocycles. The predicted octanol–water partition coefficient (Wildman–Crippen LogP) is 5.02. The van der Waals surface area contributed by atoms with Gasteiger partial charge in [-0.2, -0.15) is 0 Å². The van der Waals surface area contributed by atoms with E-state index in [4.69, 9.17) is 9.84 Å². The summed E-state index contributed by atoms with van der Waals surface area (Å²) in [5.41, 5.74) is 3.07. The molecule has 0 spiro atoms. The molecule has 0 bridgehead atoms. The molecule has 0 aliphatic carbocycles. The molecule has 0 amide bonds. The molecule has 0 saturated heterocycles. The number of hydrogen-bond donors (Lipinski definition) is 1. The van der Waals surface area contributed by atoms with E-state index in [0.717, 1.165) is 41.5 Å². The van der Waals surface area contributed by atoms with Crippen molar-refractivity contribution in [2.75, 3.05) is 6.61 Å². The first-order valence-electron chi connectivity index (χ1n) is 7.93. The van der Waals surface area contributed by atoms with Crippen LogP contribution < -0.4 is 4.74 Å². The second kappa shape index (κ2) is 8.79. The van der Waals surface area contributed by atoms with Gasteiger partial charge in [0.2, 0.25) is 0 Å². The van der Waals surface area contributed by atoms with Crippen LogP contribution in [0.3, 0.4) is 0 Å². The molecule has 3 nitrogen and oxygen atoms in total. The Morgan fingerprint density at radius 2 is 1.61 bits per heavy atom. The summed E-state index contributed by atoms with van der Waals surface area (Å²) in [4.78, 5) is 10.5. The van der Waals surface area contributed by atoms with Crippen LogP contribution in [0, 0.1) is 0 Å². The number of carboxylic acids is 1. The lowest BCUT2D eigenvalue weighted by atomic mass is 10.0. The highest BCUT2D eigenvalue weighted by Gasteiger charge is 1.99. The van der Waals surface area contributed by atoms with Crippen LogP contribution in [0.4, 0.5) is 0 Å². The highest BCUT2D eigenvalue weighted by atomic mass is 16.5. The Hall–Kier alpha value is -2.55. The van der Waals surface area contributed by atoms with Crippen molar-refractivity contribution in [2.45, 2.75) is 26.2 Å². The van der Waals surface area contributed by atoms with Gasteiger partial charge >= 0.3 is 5.97 Å². The van der Waals surface area contributed by atoms with E-state index < -0.39 is 5.97 Å². The van der Waals surface area contributed by atoms with Gasteiger partial charge in [-0.15, -0.1) is 0 Å². The van der Waals surface area contributed by atoms with Crippen molar-refractivity contribution in [1.82, 2.24) is 0 Å². The van der Waals surface area contributed by atoms with Crippen molar-refractivity contribution >= 4 is 12.0 Å². The van der Waals surface area contributed by atoms with Crippen molar-refractivity contribution in [2.24, 2.45) is 0 Å². The average Bonchev–Trinajstić information content (AvgIpc) is 2.58. The third-order valence-electron chi connectivity index (χ3n) is 3.53. The summed E-state index contributed by atoms with van der Waals surface area (Å²) in [7, 11) is 0. The lowest BCUT2D eigenvalue weighted by molar-refractivity contribution is -0.131. The highest BCUT2D eigenvalue weighted by Crippen LogP contribution is 2.23. The smallest absolute Gasteiger partial charge is 0.328 e. The predicted molar refractivity (Wildman–Crippen MR) is 93.6 cm³/mol. The van der Waals surface area contributed by atoms with Gasteiger partial charge in [0.1, 0.15) is 5.75 Å². The lowest BCUT2D eigenvalue weighted by Gasteiger charge is -2.07. The van der Waals surface area contributed by atoms with Crippen LogP contribution in [-0.4, -0.2) is 17.7 Å². The number of hydrogen-bond acceptors (Lipinski definition) is 2. The zero-order valence-electron chi connectivity index (χ0n) is 13.4. The van der Waals surface area contributed by atoms with Gasteiger partial charge in [0.15, 0.2) is 0 Å². The molecule has 2 rings (SSSR count). The van der Waals surface area contributed by atoms with Gasteiger partial charge in [0.05, 0.1) is 6.61 Å². The first-order chi connectivity index (χ1) is 11.2. The zero-order chi connectivity index (χ0) is 16.5. The SMILES string of the molecule is CCCCCOc1ccc(-c2ccc(C=CC(=O)O)cc2)cc1. The van der Waals surface area contributed by atoms with E-state index in [1.165, 1.54) is 12.8 Å². The molecule has 0 unspecified atom stereocenters. The molecular formula is C20H22O3. The minimum absolute atomic E-state index is 0.762. The standard InChI is InChI=1S/C20H22O3/c1-2-3-4-15-23-19-12-10-18(11-13-19)17-8-5-16(6-9-17)7-14-20(21)22/h5-14H,2-4,15H2,1H3,(H,21,22). The van der Waals surface area contributed by atoms with Gasteiger partial charge in [-0.05, 0) is 41.3 Å². The van der Waals surface area contributed by atoms with E-state index in [2.05, 4.69) is 6.92 Å². The number of aliphatic carboxylic acids is 1. The highest BCUT2D eigenvalue weighted by molar-refractivity contribution is 5.85. The number of carbonyl (C=O) groups is 1. The second-order valence-electron chi connectivity index (χ2n) is 5.37. The van der Waals surface area contributed by atoms with Crippen molar-refractivity contribution in [3.63, 3.8) is 0 Å². The molecule has 1 N–H and O–H groups in total. The molecule has 2 aromatic rings. The number of unbranched alkanes of at least 4 members (excludes halogenated alkanes) is 2. The van der Waals surface area contributed by atoms with Gasteiger partial charge in [0, 0.05) is 6.08 Å². The Labute approximate surface area is 137 Å². The fourth-order valence-corrected chi connectivity index (χ4v) is 2.24. The molecule has 3 heteroatoms. The van der Waals surface area contributed by atoms with Gasteiger partial charge in [-0.1, -0.05) is 56.2 Å². The number of rotatable bonds is 8. The maximum absolute atomic E-state index is 10.5. The molecule has 120 valence electrons. The second-order valence-corrected chi connectivity index (χ2v) is 5.37. The van der Waals surface area contributed by atoms with Crippen molar-refractivity contribution in [1.29, 1.82) is 0 Å². The first kappa shape index (κ1) is 16.8. The number of benzene rings is 2. The lowest BCUT2D eigenvalue weighted by Crippen LogP contribution is -1.96. The number of ether oxygens (including phenoxy) is 1. The molecule has 0 aromatic heterocycles. The average molecular weight is 310 g/mol. The quantitative estimate of drug-likeness (QED) is 0.550. The third kappa shape index (κ3) is 5.62. The summed E-state index contributed by atoms with van der Waals surface area (Å²) in [5, 5.41) is 8.63. The Kier molecular flexibility index (Phi) is 6.42. The summed E-state index contributed by atoms with van der Waals surface area (Å²) >= 11 is 0. The van der Waals surface area contributed by atoms with E-state index in [1.807, 2.05) is 48.5 Å². The van der Waals surface area contributed by atoms with E-state index in [0.29, 0.717) is 0 Å². The molecule has 0 aliphatic heterocycles. The fourth-order valence-electron chi connectivity index (χ4n) is 2.24. The molecule has 0 atom stereocenters. The Morgan fingerprint density at radius 3 is 2.17 bits per heavy atom. The maximum atomic E-state index is 10.5. The van der Waals surface area contributed by atoms with Crippen molar-refractivity contribution < 1.29 is 14.6 Å². The van der Waals surface area contributed by atoms with E-state index >= 15 is 0 Å². The van der Waals surface area contributed by atoms with Crippen LogP contribution in [0.5, 0.6) is 5.75 Å². The normalized spacial score (nSPS) is 10.8. The minimum atomic E-state index is -0.941. The molecule has 2 aromatic carbocycles. The Bertz CT molecular complexity index is 640. The molecule has 0 radical (unpaired) electrons. The molecule has 0 saturated carbocycles. The van der Waals surface area contributed by atoms with Crippen molar-refractivity contribution in [3.05, 3.63) is 60.2 Å². The fraction of sp³-hybridized carbons (Fsp3) is 0.250. The largest absolute Gasteiger partial charge is 0.494 e. The van der Waals surface area contributed by atoms with Crippen LogP contribution in [0.15, 0.2) is 54.6 Å². The molecule has 0 fully saturated rings. The summed E-state index contributed by atoms with van der Waals surface area (Å²) in [6.07, 6.45) is 6.20. The molecular weight excluding hydrogens is 288 g/mol. The van der Waals surface area contributed by atoms with Crippen LogP contribution in [0.25, 0.3) is 17.2 Å². The maximum Gasteiger partial charge on any atom is 0.328 e. The Morgan fingerprint density at radius 1 is 1.00 bits per heavy atom. The van der Waals surface area contributed by atoms with Crippen molar-refractivity contribution in [3.8, 4) is 16.9 Å². The zero-order valence-corrected chi connectivity index (χ0v) is 13.4. The van der Waals surface area contributed by atoms with Gasteiger partial charge < -0.3 is 9.84 Å². The first-order valence-corrected chi connectivity index (χ1v) is 7.93. The molecule has 23 heavy (non-hydrogen) atoms. The third-order valence-corrected chi connectivity index (χ3v) is 3.53. The van der Waals surface area contributed by atoms with E-state index in [9.17, 15) is 4.79 Å². The monoisotopic (exact) mass is 310 g/mol. The van der Waals surface area contributed by atoms with Gasteiger partial charge in [-0.3, -0.25) is 0 Å². The summed E-state index contributed by atoms with van der Waals surface area (Å²) in [6, 6.07) is 15.8. The van der Waals surface area contributed by atoms with Gasteiger partial charge in [0.25, 0.3) is 0 Å². The van der Waals surface area contributed by atoms with E-state index in [1.54, 1.807) is 6.08 Å². The van der Waals surface area contributed by atoms with Gasteiger partial charge in [-0.25, -0.2) is 4.79 Å². The van der Waals surface area contributed by atoms with Crippen LogP contribution in [0.1, 0.15) is 31.7 Å². The van der Waals surface area contributed by atoms with Crippen LogP contribution in [0.2, 0.25) is 0 Å². The summed E-state index contributed by atoms with van der Waals surface area (Å²) in [5.74, 6) is -0.0468. The van der Waals surface area contributed by atoms with Crippen LogP contribution in [-0.2, 0) is 4.79 Å². The molecule has 0 aliphatic rings. The topological polar surface area (TPSA) is 46.5 Å². The van der Waals surface area contributed by atoms with Crippen LogP contribution >= 0.6 is 0 Å². The summed E-state index contributed by atoms with van der Waals surface area (Å²) in [6.45, 7) is 2.94. The van der Waals surface area contributed by atoms with E-state index in [-0.39, 0.29) is 0 Å². The number of carboxylic acid groups (broad SMARTS) is 1. The minimum Gasteiger partial charge on any atom is -0.494 e. The summed E-state index contributed by atoms with van der Waals surface area (Å²) < 4.78 is 5.71. The Balaban J connectivity index is 1.97.